The largest absolute Gasteiger partial charge is 0.484 e. The number of benzene rings is 2. The second-order valence-electron chi connectivity index (χ2n) is 8.04. The quantitative estimate of drug-likeness (QED) is 0.441. The summed E-state index contributed by atoms with van der Waals surface area (Å²) in [5, 5.41) is 2.85. The second-order valence-corrected chi connectivity index (χ2v) is 8.83. The molecule has 35 heavy (non-hydrogen) atoms. The van der Waals surface area contributed by atoms with Crippen molar-refractivity contribution in [2.24, 2.45) is 0 Å². The van der Waals surface area contributed by atoms with E-state index in [4.69, 9.17) is 32.7 Å². The lowest BCUT2D eigenvalue weighted by molar-refractivity contribution is 0.0948. The molecular formula is C25H24Cl2FN3O4. The first-order valence-electron chi connectivity index (χ1n) is 11.1. The molecule has 184 valence electrons. The third kappa shape index (κ3) is 5.96. The number of anilines is 1. The van der Waals surface area contributed by atoms with E-state index in [1.54, 1.807) is 6.92 Å². The molecule has 1 amide bonds. The average molecular weight is 520 g/mol. The maximum absolute atomic E-state index is 13.9. The van der Waals surface area contributed by atoms with E-state index in [0.29, 0.717) is 13.2 Å². The summed E-state index contributed by atoms with van der Waals surface area (Å²) in [6.45, 7) is 4.98. The van der Waals surface area contributed by atoms with Gasteiger partial charge in [-0.15, -0.1) is 0 Å². The predicted octanol–water partition coefficient (Wildman–Crippen LogP) is 4.73. The SMILES string of the molecule is C[C@@H](Oc1c[nH]c(=O)c(C(=O)NCc2ccc(N3CCOCC3)cc2)c1)c1c(Cl)ccc(F)c1Cl. The van der Waals surface area contributed by atoms with Crippen LogP contribution in [0.3, 0.4) is 0 Å². The molecule has 0 saturated carbocycles. The highest BCUT2D eigenvalue weighted by molar-refractivity contribution is 6.36. The minimum Gasteiger partial charge on any atom is -0.484 e. The number of ether oxygens (including phenoxy) is 2. The van der Waals surface area contributed by atoms with E-state index in [1.807, 2.05) is 24.3 Å². The highest BCUT2D eigenvalue weighted by atomic mass is 35.5. The fourth-order valence-corrected chi connectivity index (χ4v) is 4.48. The van der Waals surface area contributed by atoms with Crippen LogP contribution in [-0.4, -0.2) is 37.2 Å². The van der Waals surface area contributed by atoms with E-state index in [1.165, 1.54) is 24.4 Å². The number of hydrogen-bond donors (Lipinski definition) is 2. The molecule has 10 heteroatoms. The Kier molecular flexibility index (Phi) is 7.95. The molecule has 2 heterocycles. The molecule has 0 spiro atoms. The van der Waals surface area contributed by atoms with Crippen molar-refractivity contribution in [3.05, 3.63) is 91.6 Å². The molecule has 7 nitrogen and oxygen atoms in total. The topological polar surface area (TPSA) is 83.7 Å². The van der Waals surface area contributed by atoms with Crippen LogP contribution in [0.15, 0.2) is 53.5 Å². The summed E-state index contributed by atoms with van der Waals surface area (Å²) >= 11 is 12.2. The van der Waals surface area contributed by atoms with Gasteiger partial charge in [-0.25, -0.2) is 4.39 Å². The molecule has 0 radical (unpaired) electrons. The van der Waals surface area contributed by atoms with Gasteiger partial charge in [-0.3, -0.25) is 9.59 Å². The lowest BCUT2D eigenvalue weighted by atomic mass is 10.1. The summed E-state index contributed by atoms with van der Waals surface area (Å²) in [6, 6.07) is 11.7. The number of aromatic amines is 1. The van der Waals surface area contributed by atoms with Crippen LogP contribution in [0.25, 0.3) is 0 Å². The van der Waals surface area contributed by atoms with Crippen molar-refractivity contribution in [1.82, 2.24) is 10.3 Å². The van der Waals surface area contributed by atoms with E-state index < -0.39 is 23.4 Å². The summed E-state index contributed by atoms with van der Waals surface area (Å²) in [6.07, 6.45) is 0.582. The van der Waals surface area contributed by atoms with Crippen LogP contribution < -0.4 is 20.5 Å². The fourth-order valence-electron chi connectivity index (χ4n) is 3.80. The van der Waals surface area contributed by atoms with E-state index in [0.717, 1.165) is 24.3 Å². The van der Waals surface area contributed by atoms with Gasteiger partial charge in [-0.1, -0.05) is 35.3 Å². The number of nitrogens with zero attached hydrogens (tertiary/aromatic N) is 1. The average Bonchev–Trinajstić information content (AvgIpc) is 2.87. The number of hydrogen-bond acceptors (Lipinski definition) is 5. The Hall–Kier alpha value is -3.07. The monoisotopic (exact) mass is 519 g/mol. The third-order valence-electron chi connectivity index (χ3n) is 5.69. The fraction of sp³-hybridized carbons (Fsp3) is 0.280. The molecule has 1 atom stereocenters. The summed E-state index contributed by atoms with van der Waals surface area (Å²) in [5.74, 6) is -0.974. The number of pyridine rings is 1. The Bertz CT molecular complexity index is 1260. The van der Waals surface area contributed by atoms with Crippen molar-refractivity contribution in [3.8, 4) is 5.75 Å². The van der Waals surface area contributed by atoms with E-state index in [-0.39, 0.29) is 33.5 Å². The van der Waals surface area contributed by atoms with Crippen molar-refractivity contribution < 1.29 is 18.7 Å². The van der Waals surface area contributed by atoms with Crippen molar-refractivity contribution in [1.29, 1.82) is 0 Å². The molecule has 1 aliphatic rings. The van der Waals surface area contributed by atoms with Crippen molar-refractivity contribution in [2.75, 3.05) is 31.2 Å². The number of aromatic nitrogens is 1. The van der Waals surface area contributed by atoms with Gasteiger partial charge >= 0.3 is 0 Å². The number of morpholine rings is 1. The van der Waals surface area contributed by atoms with Gasteiger partial charge in [0.2, 0.25) is 0 Å². The number of halogens is 3. The van der Waals surface area contributed by atoms with Gasteiger partial charge in [0.15, 0.2) is 0 Å². The number of amides is 1. The number of carbonyl (C=O) groups excluding carboxylic acids is 1. The molecule has 0 aliphatic carbocycles. The van der Waals surface area contributed by atoms with Crippen molar-refractivity contribution >= 4 is 34.8 Å². The molecule has 1 fully saturated rings. The lowest BCUT2D eigenvalue weighted by Crippen LogP contribution is -2.36. The summed E-state index contributed by atoms with van der Waals surface area (Å²) in [4.78, 5) is 29.7. The smallest absolute Gasteiger partial charge is 0.261 e. The van der Waals surface area contributed by atoms with Crippen LogP contribution in [0.5, 0.6) is 5.75 Å². The van der Waals surface area contributed by atoms with Gasteiger partial charge in [0.25, 0.3) is 11.5 Å². The number of rotatable bonds is 7. The standard InChI is InChI=1S/C25H24Cl2FN3O4/c1-15(22-20(26)6-7-21(28)23(22)27)35-18-12-19(25(33)30-14-18)24(32)29-13-16-2-4-17(5-3-16)31-8-10-34-11-9-31/h2-7,12,14-15H,8-11,13H2,1H3,(H,29,32)(H,30,33)/t15-/m1/s1. The highest BCUT2D eigenvalue weighted by Gasteiger charge is 2.20. The first-order valence-corrected chi connectivity index (χ1v) is 11.8. The molecule has 0 bridgehead atoms. The normalized spacial score (nSPS) is 14.5. The summed E-state index contributed by atoms with van der Waals surface area (Å²) < 4.78 is 25.0. The molecule has 0 unspecified atom stereocenters. The first kappa shape index (κ1) is 25.0. The van der Waals surface area contributed by atoms with Crippen molar-refractivity contribution in [3.63, 3.8) is 0 Å². The highest BCUT2D eigenvalue weighted by Crippen LogP contribution is 2.34. The third-order valence-corrected chi connectivity index (χ3v) is 6.40. The zero-order valence-electron chi connectivity index (χ0n) is 18.9. The van der Waals surface area contributed by atoms with Gasteiger partial charge in [-0.2, -0.15) is 0 Å². The number of H-pyrrole nitrogens is 1. The Labute approximate surface area is 211 Å². The molecule has 2 N–H and O–H groups in total. The minimum atomic E-state index is -0.738. The summed E-state index contributed by atoms with van der Waals surface area (Å²) in [7, 11) is 0. The molecule has 1 aliphatic heterocycles. The van der Waals surface area contributed by atoms with Gasteiger partial charge in [0, 0.05) is 42.1 Å². The molecule has 2 aromatic carbocycles. The Morgan fingerprint density at radius 1 is 1.20 bits per heavy atom. The van der Waals surface area contributed by atoms with Gasteiger partial charge in [-0.05, 0) is 42.8 Å². The van der Waals surface area contributed by atoms with E-state index in [2.05, 4.69) is 15.2 Å². The maximum Gasteiger partial charge on any atom is 0.261 e. The van der Waals surface area contributed by atoms with E-state index >= 15 is 0 Å². The molecule has 1 aromatic heterocycles. The van der Waals surface area contributed by atoms with Crippen LogP contribution in [0.4, 0.5) is 10.1 Å². The van der Waals surface area contributed by atoms with Crippen molar-refractivity contribution in [2.45, 2.75) is 19.6 Å². The van der Waals surface area contributed by atoms with Crippen LogP contribution >= 0.6 is 23.2 Å². The zero-order valence-corrected chi connectivity index (χ0v) is 20.5. The van der Waals surface area contributed by atoms with E-state index in [9.17, 15) is 14.0 Å². The lowest BCUT2D eigenvalue weighted by Gasteiger charge is -2.28. The first-order chi connectivity index (χ1) is 16.8. The van der Waals surface area contributed by atoms with Crippen LogP contribution in [0, 0.1) is 5.82 Å². The van der Waals surface area contributed by atoms with Gasteiger partial charge < -0.3 is 24.7 Å². The number of nitrogens with one attached hydrogen (secondary N) is 2. The number of carbonyl (C=O) groups is 1. The van der Waals surface area contributed by atoms with Crippen LogP contribution in [0.1, 0.15) is 34.5 Å². The molecule has 1 saturated heterocycles. The van der Waals surface area contributed by atoms with Gasteiger partial charge in [0.05, 0.1) is 18.2 Å². The zero-order chi connectivity index (χ0) is 24.9. The Morgan fingerprint density at radius 2 is 1.91 bits per heavy atom. The molecular weight excluding hydrogens is 496 g/mol. The summed E-state index contributed by atoms with van der Waals surface area (Å²) in [5.41, 5.74) is 1.58. The van der Waals surface area contributed by atoms with Crippen LogP contribution in [0.2, 0.25) is 10.0 Å². The molecule has 3 aromatic rings. The Morgan fingerprint density at radius 3 is 2.63 bits per heavy atom. The minimum absolute atomic E-state index is 0.115. The maximum atomic E-state index is 13.9. The Balaban J connectivity index is 1.41. The second kappa shape index (κ2) is 11.1. The predicted molar refractivity (Wildman–Crippen MR) is 133 cm³/mol. The molecule has 4 rings (SSSR count). The van der Waals surface area contributed by atoms with Gasteiger partial charge in [0.1, 0.15) is 23.2 Å². The van der Waals surface area contributed by atoms with Crippen LogP contribution in [-0.2, 0) is 11.3 Å².